The zero-order chi connectivity index (χ0) is 20.4. The van der Waals surface area contributed by atoms with Gasteiger partial charge in [-0.1, -0.05) is 19.8 Å². The molecule has 0 unspecified atom stereocenters. The van der Waals surface area contributed by atoms with E-state index in [-0.39, 0.29) is 24.1 Å². The third-order valence-electron chi connectivity index (χ3n) is 5.64. The van der Waals surface area contributed by atoms with E-state index < -0.39 is 0 Å². The summed E-state index contributed by atoms with van der Waals surface area (Å²) >= 11 is 0. The summed E-state index contributed by atoms with van der Waals surface area (Å²) in [6.07, 6.45) is 7.37. The standard InChI is InChI=1S/C21H25N5O3/c1-14-5-3-4-6-18(14)24-19(27)12-25-13-22-20-17(21(25)28)11-23-26(20)15-7-9-16(29-2)10-8-15/h7-11,13-14,18H,3-6,12H2,1-2H3,(H,24,27)/t14-,18+/m1/s1. The largest absolute Gasteiger partial charge is 0.497 e. The molecule has 0 aliphatic heterocycles. The predicted octanol–water partition coefficient (Wildman–Crippen LogP) is 2.29. The van der Waals surface area contributed by atoms with Crippen LogP contribution in [0.2, 0.25) is 0 Å². The van der Waals surface area contributed by atoms with E-state index in [9.17, 15) is 9.59 Å². The van der Waals surface area contributed by atoms with E-state index in [4.69, 9.17) is 4.74 Å². The van der Waals surface area contributed by atoms with Crippen molar-refractivity contribution < 1.29 is 9.53 Å². The van der Waals surface area contributed by atoms with E-state index >= 15 is 0 Å². The predicted molar refractivity (Wildman–Crippen MR) is 109 cm³/mol. The van der Waals surface area contributed by atoms with Crippen molar-refractivity contribution in [2.75, 3.05) is 7.11 Å². The number of hydrogen-bond acceptors (Lipinski definition) is 5. The van der Waals surface area contributed by atoms with E-state index in [0.717, 1.165) is 30.7 Å². The van der Waals surface area contributed by atoms with Crippen LogP contribution in [-0.4, -0.2) is 38.4 Å². The van der Waals surface area contributed by atoms with Crippen LogP contribution in [0.4, 0.5) is 0 Å². The van der Waals surface area contributed by atoms with E-state index in [1.54, 1.807) is 11.8 Å². The Balaban J connectivity index is 1.55. The highest BCUT2D eigenvalue weighted by Crippen LogP contribution is 2.23. The molecular formula is C21H25N5O3. The lowest BCUT2D eigenvalue weighted by Crippen LogP contribution is -2.43. The van der Waals surface area contributed by atoms with Crippen molar-refractivity contribution in [1.82, 2.24) is 24.6 Å². The molecule has 1 fully saturated rings. The molecule has 0 radical (unpaired) electrons. The maximum absolute atomic E-state index is 12.8. The van der Waals surface area contributed by atoms with Gasteiger partial charge in [0.05, 0.1) is 19.0 Å². The number of fused-ring (bicyclic) bond motifs is 1. The number of rotatable bonds is 5. The van der Waals surface area contributed by atoms with E-state index in [2.05, 4.69) is 22.3 Å². The first-order chi connectivity index (χ1) is 14.1. The van der Waals surface area contributed by atoms with Crippen LogP contribution in [0, 0.1) is 5.92 Å². The Morgan fingerprint density at radius 3 is 2.72 bits per heavy atom. The third kappa shape index (κ3) is 3.87. The van der Waals surface area contributed by atoms with Crippen molar-refractivity contribution in [3.63, 3.8) is 0 Å². The van der Waals surface area contributed by atoms with Crippen molar-refractivity contribution in [1.29, 1.82) is 0 Å². The molecule has 29 heavy (non-hydrogen) atoms. The smallest absolute Gasteiger partial charge is 0.264 e. The Morgan fingerprint density at radius 1 is 1.24 bits per heavy atom. The highest BCUT2D eigenvalue weighted by Gasteiger charge is 2.23. The lowest BCUT2D eigenvalue weighted by molar-refractivity contribution is -0.123. The van der Waals surface area contributed by atoms with Crippen LogP contribution in [-0.2, 0) is 11.3 Å². The van der Waals surface area contributed by atoms with E-state index in [1.807, 2.05) is 24.3 Å². The summed E-state index contributed by atoms with van der Waals surface area (Å²) < 4.78 is 8.11. The average Bonchev–Trinajstić information content (AvgIpc) is 3.17. The zero-order valence-electron chi connectivity index (χ0n) is 16.7. The number of ether oxygens (including phenoxy) is 1. The van der Waals surface area contributed by atoms with Gasteiger partial charge in [-0.15, -0.1) is 0 Å². The Morgan fingerprint density at radius 2 is 2.00 bits per heavy atom. The molecule has 8 heteroatoms. The van der Waals surface area contributed by atoms with Gasteiger partial charge in [-0.05, 0) is 43.0 Å². The molecule has 3 aromatic rings. The van der Waals surface area contributed by atoms with Crippen LogP contribution in [0.25, 0.3) is 16.7 Å². The van der Waals surface area contributed by atoms with Crippen molar-refractivity contribution in [3.8, 4) is 11.4 Å². The Hall–Kier alpha value is -3.16. The molecule has 1 aliphatic rings. The number of nitrogens with one attached hydrogen (secondary N) is 1. The minimum atomic E-state index is -0.276. The zero-order valence-corrected chi connectivity index (χ0v) is 16.7. The molecule has 1 amide bonds. The normalized spacial score (nSPS) is 19.2. The van der Waals surface area contributed by atoms with Crippen molar-refractivity contribution in [2.45, 2.75) is 45.2 Å². The molecule has 0 bridgehead atoms. The molecule has 2 heterocycles. The molecule has 152 valence electrons. The minimum absolute atomic E-state index is 0.0429. The summed E-state index contributed by atoms with van der Waals surface area (Å²) in [5, 5.41) is 7.76. The maximum Gasteiger partial charge on any atom is 0.264 e. The number of carbonyl (C=O) groups excluding carboxylic acids is 1. The van der Waals surface area contributed by atoms with Crippen molar-refractivity contribution >= 4 is 16.9 Å². The highest BCUT2D eigenvalue weighted by molar-refractivity contribution is 5.78. The fraction of sp³-hybridized carbons (Fsp3) is 0.429. The molecule has 1 N–H and O–H groups in total. The minimum Gasteiger partial charge on any atom is -0.497 e. The van der Waals surface area contributed by atoms with Crippen molar-refractivity contribution in [2.24, 2.45) is 5.92 Å². The second kappa shape index (κ2) is 8.06. The van der Waals surface area contributed by atoms with E-state index in [1.165, 1.54) is 23.5 Å². The molecule has 1 aromatic carbocycles. The maximum atomic E-state index is 12.8. The van der Waals surface area contributed by atoms with Crippen LogP contribution in [0.1, 0.15) is 32.6 Å². The first-order valence-electron chi connectivity index (χ1n) is 9.94. The molecule has 2 atom stereocenters. The van der Waals surface area contributed by atoms with E-state index in [0.29, 0.717) is 17.0 Å². The van der Waals surface area contributed by atoms with Gasteiger partial charge < -0.3 is 10.1 Å². The molecular weight excluding hydrogens is 370 g/mol. The summed E-state index contributed by atoms with van der Waals surface area (Å²) in [6, 6.07) is 7.51. The van der Waals surface area contributed by atoms with Crippen LogP contribution in [0.3, 0.4) is 0 Å². The highest BCUT2D eigenvalue weighted by atomic mass is 16.5. The lowest BCUT2D eigenvalue weighted by Gasteiger charge is -2.29. The van der Waals surface area contributed by atoms with Crippen LogP contribution < -0.4 is 15.6 Å². The van der Waals surface area contributed by atoms with Crippen LogP contribution in [0.5, 0.6) is 5.75 Å². The fourth-order valence-electron chi connectivity index (χ4n) is 3.91. The number of aromatic nitrogens is 4. The number of hydrogen-bond donors (Lipinski definition) is 1. The fourth-order valence-corrected chi connectivity index (χ4v) is 3.91. The van der Waals surface area contributed by atoms with Gasteiger partial charge in [0, 0.05) is 6.04 Å². The Bertz CT molecular complexity index is 1070. The topological polar surface area (TPSA) is 91.0 Å². The number of nitrogens with zero attached hydrogens (tertiary/aromatic N) is 4. The summed E-state index contributed by atoms with van der Waals surface area (Å²) in [6.45, 7) is 2.12. The summed E-state index contributed by atoms with van der Waals surface area (Å²) in [5.74, 6) is 1.04. The molecule has 0 saturated heterocycles. The van der Waals surface area contributed by atoms with Gasteiger partial charge in [0.25, 0.3) is 5.56 Å². The Labute approximate surface area is 168 Å². The third-order valence-corrected chi connectivity index (χ3v) is 5.64. The molecule has 4 rings (SSSR count). The lowest BCUT2D eigenvalue weighted by atomic mass is 9.86. The summed E-state index contributed by atoms with van der Waals surface area (Å²) in [5.41, 5.74) is 0.953. The number of methoxy groups -OCH3 is 1. The first-order valence-corrected chi connectivity index (χ1v) is 9.94. The van der Waals surface area contributed by atoms with Gasteiger partial charge >= 0.3 is 0 Å². The second-order valence-electron chi connectivity index (χ2n) is 7.61. The Kier molecular flexibility index (Phi) is 5.33. The average molecular weight is 395 g/mol. The molecule has 1 aliphatic carbocycles. The van der Waals surface area contributed by atoms with Crippen LogP contribution in [0.15, 0.2) is 41.6 Å². The van der Waals surface area contributed by atoms with Gasteiger partial charge in [-0.2, -0.15) is 5.10 Å². The molecule has 0 spiro atoms. The summed E-state index contributed by atoms with van der Waals surface area (Å²) in [4.78, 5) is 29.7. The number of amides is 1. The first kappa shape index (κ1) is 19.2. The van der Waals surface area contributed by atoms with Gasteiger partial charge in [-0.25, -0.2) is 9.67 Å². The number of carbonyl (C=O) groups is 1. The second-order valence-corrected chi connectivity index (χ2v) is 7.61. The van der Waals surface area contributed by atoms with Gasteiger partial charge in [0.2, 0.25) is 5.91 Å². The van der Waals surface area contributed by atoms with Crippen LogP contribution >= 0.6 is 0 Å². The van der Waals surface area contributed by atoms with Gasteiger partial charge in [0.1, 0.15) is 24.0 Å². The molecule has 2 aromatic heterocycles. The molecule has 8 nitrogen and oxygen atoms in total. The summed E-state index contributed by atoms with van der Waals surface area (Å²) in [7, 11) is 1.60. The molecule has 1 saturated carbocycles. The monoisotopic (exact) mass is 395 g/mol. The van der Waals surface area contributed by atoms with Gasteiger partial charge in [0.15, 0.2) is 5.65 Å². The number of benzene rings is 1. The SMILES string of the molecule is COc1ccc(-n2ncc3c(=O)n(CC(=O)N[C@H]4CCCC[C@H]4C)cnc32)cc1. The quantitative estimate of drug-likeness (QED) is 0.716. The van der Waals surface area contributed by atoms with Gasteiger partial charge in [-0.3, -0.25) is 14.2 Å². The van der Waals surface area contributed by atoms with Crippen molar-refractivity contribution in [3.05, 3.63) is 47.1 Å².